The minimum absolute atomic E-state index is 0.397. The lowest BCUT2D eigenvalue weighted by Crippen LogP contribution is -2.20. The molecule has 0 saturated heterocycles. The second kappa shape index (κ2) is 8.53. The molecule has 0 saturated carbocycles. The van der Waals surface area contributed by atoms with Crippen molar-refractivity contribution >= 4 is 6.21 Å². The van der Waals surface area contributed by atoms with Gasteiger partial charge in [0.05, 0.1) is 12.7 Å². The Morgan fingerprint density at radius 3 is 2.44 bits per heavy atom. The third kappa shape index (κ3) is 5.49. The largest absolute Gasteiger partial charge is 0.496 e. The molecule has 0 bridgehead atoms. The van der Waals surface area contributed by atoms with E-state index in [1.54, 1.807) is 18.2 Å². The Labute approximate surface area is 144 Å². The van der Waals surface area contributed by atoms with E-state index in [0.29, 0.717) is 36.8 Å². The zero-order valence-corrected chi connectivity index (χ0v) is 13.7. The summed E-state index contributed by atoms with van der Waals surface area (Å²) in [5, 5.41) is 10.4. The van der Waals surface area contributed by atoms with Crippen molar-refractivity contribution in [2.45, 2.75) is 12.7 Å². The molecular weight excluding hydrogens is 333 g/mol. The molecule has 0 atom stereocenters. The second-order valence-electron chi connectivity index (χ2n) is 5.27. The van der Waals surface area contributed by atoms with Crippen molar-refractivity contribution in [3.63, 3.8) is 0 Å². The number of halogens is 3. The third-order valence-corrected chi connectivity index (χ3v) is 3.52. The molecule has 7 heteroatoms. The number of benzene rings is 2. The molecule has 2 aromatic rings. The maximum atomic E-state index is 12.5. The van der Waals surface area contributed by atoms with Crippen LogP contribution in [0.1, 0.15) is 16.7 Å². The normalized spacial score (nSPS) is 11.2. The van der Waals surface area contributed by atoms with Gasteiger partial charge in [0.1, 0.15) is 18.1 Å². The summed E-state index contributed by atoms with van der Waals surface area (Å²) in [7, 11) is 1.53. The molecule has 134 valence electrons. The molecule has 4 nitrogen and oxygen atoms in total. The fourth-order valence-electron chi connectivity index (χ4n) is 2.19. The monoisotopic (exact) mass is 352 g/mol. The lowest BCUT2D eigenvalue weighted by Gasteiger charge is -2.11. The van der Waals surface area contributed by atoms with Crippen LogP contribution < -0.4 is 14.8 Å². The summed E-state index contributed by atoms with van der Waals surface area (Å²) in [4.78, 5) is 0. The van der Waals surface area contributed by atoms with E-state index < -0.39 is 11.7 Å². The molecule has 0 aliphatic carbocycles. The average Bonchev–Trinajstić information content (AvgIpc) is 2.61. The van der Waals surface area contributed by atoms with E-state index in [1.807, 2.05) is 0 Å². The predicted molar refractivity (Wildman–Crippen MR) is 89.5 cm³/mol. The van der Waals surface area contributed by atoms with Crippen molar-refractivity contribution in [1.82, 2.24) is 5.32 Å². The molecule has 0 amide bonds. The Hall–Kier alpha value is -2.54. The van der Waals surface area contributed by atoms with Gasteiger partial charge in [0.25, 0.3) is 0 Å². The van der Waals surface area contributed by atoms with Crippen LogP contribution in [0.15, 0.2) is 42.5 Å². The zero-order valence-electron chi connectivity index (χ0n) is 13.7. The topological polar surface area (TPSA) is 54.3 Å². The van der Waals surface area contributed by atoms with Gasteiger partial charge in [0, 0.05) is 30.9 Å². The van der Waals surface area contributed by atoms with E-state index in [4.69, 9.17) is 14.9 Å². The van der Waals surface area contributed by atoms with E-state index in [9.17, 15) is 13.2 Å². The highest BCUT2D eigenvalue weighted by Crippen LogP contribution is 2.29. The highest BCUT2D eigenvalue weighted by molar-refractivity contribution is 5.81. The SMILES string of the molecule is COc1cc(OCCNCc2ccc(C(F)(F)F)cc2)ccc1C=N. The lowest BCUT2D eigenvalue weighted by atomic mass is 10.1. The van der Waals surface area contributed by atoms with Crippen LogP contribution in [0.2, 0.25) is 0 Å². The van der Waals surface area contributed by atoms with Crippen LogP contribution in [-0.4, -0.2) is 26.5 Å². The molecular formula is C18H19F3N2O2. The maximum Gasteiger partial charge on any atom is 0.416 e. The van der Waals surface area contributed by atoms with Gasteiger partial charge >= 0.3 is 6.18 Å². The minimum Gasteiger partial charge on any atom is -0.496 e. The van der Waals surface area contributed by atoms with Crippen molar-refractivity contribution in [2.75, 3.05) is 20.3 Å². The van der Waals surface area contributed by atoms with Crippen molar-refractivity contribution in [3.05, 3.63) is 59.2 Å². The molecule has 0 spiro atoms. The molecule has 0 radical (unpaired) electrons. The molecule has 2 rings (SSSR count). The summed E-state index contributed by atoms with van der Waals surface area (Å²) in [6, 6.07) is 10.2. The number of rotatable bonds is 8. The molecule has 2 N–H and O–H groups in total. The number of hydrogen-bond acceptors (Lipinski definition) is 4. The van der Waals surface area contributed by atoms with Crippen LogP contribution in [0.25, 0.3) is 0 Å². The summed E-state index contributed by atoms with van der Waals surface area (Å²) in [5.74, 6) is 1.18. The molecule has 0 aliphatic heterocycles. The van der Waals surface area contributed by atoms with E-state index in [-0.39, 0.29) is 0 Å². The second-order valence-corrected chi connectivity index (χ2v) is 5.27. The van der Waals surface area contributed by atoms with Gasteiger partial charge in [0.2, 0.25) is 0 Å². The quantitative estimate of drug-likeness (QED) is 0.560. The van der Waals surface area contributed by atoms with Gasteiger partial charge in [0.15, 0.2) is 0 Å². The third-order valence-electron chi connectivity index (χ3n) is 3.52. The fraction of sp³-hybridized carbons (Fsp3) is 0.278. The summed E-state index contributed by atoms with van der Waals surface area (Å²) < 4.78 is 48.2. The van der Waals surface area contributed by atoms with Gasteiger partial charge in [-0.15, -0.1) is 0 Å². The summed E-state index contributed by atoms with van der Waals surface area (Å²) in [6.45, 7) is 1.39. The van der Waals surface area contributed by atoms with Crippen LogP contribution in [0.5, 0.6) is 11.5 Å². The first-order chi connectivity index (χ1) is 11.9. The van der Waals surface area contributed by atoms with E-state index in [1.165, 1.54) is 25.5 Å². The van der Waals surface area contributed by atoms with Crippen LogP contribution in [0.3, 0.4) is 0 Å². The Kier molecular flexibility index (Phi) is 6.41. The number of nitrogens with one attached hydrogen (secondary N) is 2. The van der Waals surface area contributed by atoms with E-state index in [2.05, 4.69) is 5.32 Å². The Morgan fingerprint density at radius 2 is 1.84 bits per heavy atom. The Balaban J connectivity index is 1.75. The van der Waals surface area contributed by atoms with Crippen molar-refractivity contribution < 1.29 is 22.6 Å². The zero-order chi connectivity index (χ0) is 18.3. The highest BCUT2D eigenvalue weighted by Gasteiger charge is 2.29. The maximum absolute atomic E-state index is 12.5. The van der Waals surface area contributed by atoms with Crippen molar-refractivity contribution in [2.24, 2.45) is 0 Å². The van der Waals surface area contributed by atoms with E-state index >= 15 is 0 Å². The van der Waals surface area contributed by atoms with Gasteiger partial charge < -0.3 is 20.2 Å². The first-order valence-corrected chi connectivity index (χ1v) is 7.62. The number of alkyl halides is 3. The smallest absolute Gasteiger partial charge is 0.416 e. The van der Waals surface area contributed by atoms with Gasteiger partial charge in [-0.05, 0) is 29.8 Å². The number of hydrogen-bond donors (Lipinski definition) is 2. The van der Waals surface area contributed by atoms with E-state index in [0.717, 1.165) is 17.7 Å². The molecule has 0 aliphatic rings. The minimum atomic E-state index is -4.31. The summed E-state index contributed by atoms with van der Waals surface area (Å²) in [6.07, 6.45) is -3.11. The number of ether oxygens (including phenoxy) is 2. The van der Waals surface area contributed by atoms with Gasteiger partial charge in [-0.25, -0.2) is 0 Å². The van der Waals surface area contributed by atoms with Gasteiger partial charge in [-0.2, -0.15) is 13.2 Å². The molecule has 0 unspecified atom stereocenters. The van der Waals surface area contributed by atoms with Crippen LogP contribution in [-0.2, 0) is 12.7 Å². The van der Waals surface area contributed by atoms with Crippen LogP contribution in [0, 0.1) is 5.41 Å². The standard InChI is InChI=1S/C18H19F3N2O2/c1-24-17-10-16(7-4-14(17)11-22)25-9-8-23-12-13-2-5-15(6-3-13)18(19,20)21/h2-7,10-11,22-23H,8-9,12H2,1H3. The van der Waals surface area contributed by atoms with Gasteiger partial charge in [-0.3, -0.25) is 0 Å². The molecule has 2 aromatic carbocycles. The van der Waals surface area contributed by atoms with Crippen LogP contribution in [0.4, 0.5) is 13.2 Å². The predicted octanol–water partition coefficient (Wildman–Crippen LogP) is 3.88. The first-order valence-electron chi connectivity index (χ1n) is 7.62. The molecule has 0 aromatic heterocycles. The Morgan fingerprint density at radius 1 is 1.12 bits per heavy atom. The molecule has 0 fully saturated rings. The number of methoxy groups -OCH3 is 1. The van der Waals surface area contributed by atoms with Gasteiger partial charge in [-0.1, -0.05) is 12.1 Å². The van der Waals surface area contributed by atoms with Crippen molar-refractivity contribution in [1.29, 1.82) is 5.41 Å². The molecule has 25 heavy (non-hydrogen) atoms. The lowest BCUT2D eigenvalue weighted by molar-refractivity contribution is -0.137. The van der Waals surface area contributed by atoms with Crippen molar-refractivity contribution in [3.8, 4) is 11.5 Å². The fourth-order valence-corrected chi connectivity index (χ4v) is 2.19. The van der Waals surface area contributed by atoms with Crippen LogP contribution >= 0.6 is 0 Å². The average molecular weight is 352 g/mol. The molecule has 0 heterocycles. The Bertz CT molecular complexity index is 700. The highest BCUT2D eigenvalue weighted by atomic mass is 19.4. The first kappa shape index (κ1) is 18.8. The summed E-state index contributed by atoms with van der Waals surface area (Å²) in [5.41, 5.74) is 0.780. The summed E-state index contributed by atoms with van der Waals surface area (Å²) >= 11 is 0.